The average molecular weight is 407 g/mol. The highest BCUT2D eigenvalue weighted by atomic mass is 32.2. The minimum Gasteiger partial charge on any atom is -0.497 e. The maximum atomic E-state index is 11.7. The molecule has 0 amide bonds. The van der Waals surface area contributed by atoms with Crippen molar-refractivity contribution in [3.05, 3.63) is 29.3 Å². The monoisotopic (exact) mass is 406 g/mol. The fourth-order valence-electron chi connectivity index (χ4n) is 5.04. The molecule has 154 valence electrons. The van der Waals surface area contributed by atoms with Crippen LogP contribution in [0.25, 0.3) is 6.08 Å². The summed E-state index contributed by atoms with van der Waals surface area (Å²) in [6.45, 7) is 3.53. The smallest absolute Gasteiger partial charge is 0.208 e. The highest BCUT2D eigenvalue weighted by molar-refractivity contribution is 7.88. The molecule has 2 fully saturated rings. The van der Waals surface area contributed by atoms with Gasteiger partial charge in [-0.15, -0.1) is 0 Å². The first-order chi connectivity index (χ1) is 13.4. The first-order valence-corrected chi connectivity index (χ1v) is 12.0. The topological polar surface area (TPSA) is 67.9 Å². The molecule has 6 nitrogen and oxygen atoms in total. The minimum absolute atomic E-state index is 0.0984. The van der Waals surface area contributed by atoms with E-state index in [0.29, 0.717) is 6.61 Å². The first-order valence-electron chi connectivity index (χ1n) is 10.1. The van der Waals surface area contributed by atoms with E-state index in [1.54, 1.807) is 7.11 Å². The van der Waals surface area contributed by atoms with Crippen molar-refractivity contribution >= 4 is 16.1 Å². The largest absolute Gasteiger partial charge is 0.497 e. The van der Waals surface area contributed by atoms with E-state index in [-0.39, 0.29) is 11.5 Å². The van der Waals surface area contributed by atoms with Crippen LogP contribution in [0.1, 0.15) is 37.7 Å². The van der Waals surface area contributed by atoms with E-state index in [1.807, 2.05) is 18.2 Å². The lowest BCUT2D eigenvalue weighted by atomic mass is 9.74. The van der Waals surface area contributed by atoms with E-state index in [9.17, 15) is 8.42 Å². The van der Waals surface area contributed by atoms with Crippen LogP contribution in [-0.2, 0) is 10.0 Å². The standard InChI is InChI=1S/C21H30N2O4S/c1-26-18-5-6-19-17(13-18)12-16(15-27-19)14-23-10-8-21(9-11-23)7-3-4-20(21)22-28(2,24)25/h5-6,12-13,20,22H,3-4,7-11,14-15H2,1-2H3. The van der Waals surface area contributed by atoms with Crippen molar-refractivity contribution in [3.8, 4) is 11.5 Å². The van der Waals surface area contributed by atoms with Crippen molar-refractivity contribution in [2.24, 2.45) is 5.41 Å². The number of sulfonamides is 1. The van der Waals surface area contributed by atoms with Crippen LogP contribution in [-0.4, -0.2) is 59.0 Å². The van der Waals surface area contributed by atoms with Crippen LogP contribution in [0.15, 0.2) is 23.8 Å². The molecule has 0 bridgehead atoms. The third-order valence-electron chi connectivity index (χ3n) is 6.53. The Hall–Kier alpha value is -1.57. The van der Waals surface area contributed by atoms with Crippen LogP contribution in [0.4, 0.5) is 0 Å². The summed E-state index contributed by atoms with van der Waals surface area (Å²) in [6.07, 6.45) is 8.81. The third kappa shape index (κ3) is 4.21. The van der Waals surface area contributed by atoms with E-state index in [0.717, 1.165) is 68.8 Å². The molecule has 2 heterocycles. The number of ether oxygens (including phenoxy) is 2. The van der Waals surface area contributed by atoms with Crippen LogP contribution >= 0.6 is 0 Å². The van der Waals surface area contributed by atoms with Crippen molar-refractivity contribution in [2.75, 3.05) is 39.6 Å². The molecule has 2 aliphatic heterocycles. The second-order valence-corrected chi connectivity index (χ2v) is 10.2. The Morgan fingerprint density at radius 3 is 2.79 bits per heavy atom. The molecular formula is C21H30N2O4S. The third-order valence-corrected chi connectivity index (χ3v) is 7.24. The molecule has 1 saturated heterocycles. The van der Waals surface area contributed by atoms with Gasteiger partial charge in [-0.3, -0.25) is 4.90 Å². The first kappa shape index (κ1) is 19.7. The molecule has 3 aliphatic rings. The SMILES string of the molecule is COc1ccc2c(c1)C=C(CN1CCC3(CCCC3NS(C)(=O)=O)CC1)CO2. The molecule has 1 saturated carbocycles. The predicted molar refractivity (Wildman–Crippen MR) is 110 cm³/mol. The fraction of sp³-hybridized carbons (Fsp3) is 0.619. The molecule has 1 aromatic rings. The molecule has 0 aromatic heterocycles. The molecule has 1 atom stereocenters. The van der Waals surface area contributed by atoms with Crippen LogP contribution < -0.4 is 14.2 Å². The number of likely N-dealkylation sites (tertiary alicyclic amines) is 1. The second-order valence-electron chi connectivity index (χ2n) is 8.47. The van der Waals surface area contributed by atoms with E-state index in [4.69, 9.17) is 9.47 Å². The van der Waals surface area contributed by atoms with E-state index in [2.05, 4.69) is 15.7 Å². The molecular weight excluding hydrogens is 376 g/mol. The quantitative estimate of drug-likeness (QED) is 0.814. The Bertz CT molecular complexity index is 857. The van der Waals surface area contributed by atoms with Gasteiger partial charge in [0, 0.05) is 18.2 Å². The molecule has 1 unspecified atom stereocenters. The van der Waals surface area contributed by atoms with Crippen LogP contribution in [0.3, 0.4) is 0 Å². The molecule has 1 aromatic carbocycles. The van der Waals surface area contributed by atoms with Gasteiger partial charge in [0.05, 0.1) is 13.4 Å². The highest BCUT2D eigenvalue weighted by Gasteiger charge is 2.45. The zero-order chi connectivity index (χ0) is 19.8. The van der Waals surface area contributed by atoms with Crippen molar-refractivity contribution in [3.63, 3.8) is 0 Å². The van der Waals surface area contributed by atoms with E-state index >= 15 is 0 Å². The Balaban J connectivity index is 1.39. The van der Waals surface area contributed by atoms with Gasteiger partial charge in [-0.2, -0.15) is 0 Å². The Morgan fingerprint density at radius 2 is 2.07 bits per heavy atom. The summed E-state index contributed by atoms with van der Waals surface area (Å²) in [5.74, 6) is 1.74. The summed E-state index contributed by atoms with van der Waals surface area (Å²) < 4.78 is 37.6. The van der Waals surface area contributed by atoms with Gasteiger partial charge in [0.25, 0.3) is 0 Å². The van der Waals surface area contributed by atoms with E-state index in [1.165, 1.54) is 11.8 Å². The number of hydrogen-bond acceptors (Lipinski definition) is 5. The fourth-order valence-corrected chi connectivity index (χ4v) is 5.93. The van der Waals surface area contributed by atoms with Gasteiger partial charge in [-0.25, -0.2) is 13.1 Å². The lowest BCUT2D eigenvalue weighted by Gasteiger charge is -2.43. The van der Waals surface area contributed by atoms with Crippen molar-refractivity contribution in [2.45, 2.75) is 38.1 Å². The molecule has 0 radical (unpaired) electrons. The van der Waals surface area contributed by atoms with Gasteiger partial charge < -0.3 is 9.47 Å². The Kier molecular flexibility index (Phi) is 5.42. The summed E-state index contributed by atoms with van der Waals surface area (Å²) >= 11 is 0. The van der Waals surface area contributed by atoms with Crippen molar-refractivity contribution < 1.29 is 17.9 Å². The molecule has 1 aliphatic carbocycles. The zero-order valence-electron chi connectivity index (χ0n) is 16.7. The van der Waals surface area contributed by atoms with Gasteiger partial charge in [-0.1, -0.05) is 6.42 Å². The summed E-state index contributed by atoms with van der Waals surface area (Å²) in [5, 5.41) is 0. The van der Waals surface area contributed by atoms with Crippen molar-refractivity contribution in [1.29, 1.82) is 0 Å². The predicted octanol–water partition coefficient (Wildman–Crippen LogP) is 2.65. The summed E-state index contributed by atoms with van der Waals surface area (Å²) in [5.41, 5.74) is 2.48. The van der Waals surface area contributed by atoms with Crippen molar-refractivity contribution in [1.82, 2.24) is 9.62 Å². The molecule has 1 N–H and O–H groups in total. The number of hydrogen-bond donors (Lipinski definition) is 1. The Labute approximate surface area is 167 Å². The van der Waals surface area contributed by atoms with E-state index < -0.39 is 10.0 Å². The van der Waals surface area contributed by atoms with Crippen LogP contribution in [0.2, 0.25) is 0 Å². The van der Waals surface area contributed by atoms with Gasteiger partial charge >= 0.3 is 0 Å². The van der Waals surface area contributed by atoms with Crippen LogP contribution in [0, 0.1) is 5.41 Å². The van der Waals surface area contributed by atoms with Crippen LogP contribution in [0.5, 0.6) is 11.5 Å². The highest BCUT2D eigenvalue weighted by Crippen LogP contribution is 2.46. The number of fused-ring (bicyclic) bond motifs is 1. The maximum absolute atomic E-state index is 11.7. The maximum Gasteiger partial charge on any atom is 0.208 e. The van der Waals surface area contributed by atoms with Gasteiger partial charge in [0.1, 0.15) is 18.1 Å². The molecule has 28 heavy (non-hydrogen) atoms. The van der Waals surface area contributed by atoms with Gasteiger partial charge in [0.15, 0.2) is 0 Å². The minimum atomic E-state index is -3.15. The zero-order valence-corrected chi connectivity index (χ0v) is 17.6. The lowest BCUT2D eigenvalue weighted by Crippen LogP contribution is -2.50. The number of piperidine rings is 1. The average Bonchev–Trinajstić information content (AvgIpc) is 3.03. The molecule has 1 spiro atoms. The molecule has 4 rings (SSSR count). The number of benzene rings is 1. The molecule has 7 heteroatoms. The Morgan fingerprint density at radius 1 is 1.29 bits per heavy atom. The number of methoxy groups -OCH3 is 1. The summed E-state index contributed by atoms with van der Waals surface area (Å²) in [6, 6.07) is 5.99. The second kappa shape index (κ2) is 7.69. The number of nitrogens with one attached hydrogen (secondary N) is 1. The van der Waals surface area contributed by atoms with Gasteiger partial charge in [-0.05, 0) is 74.0 Å². The lowest BCUT2D eigenvalue weighted by molar-refractivity contribution is 0.0949. The summed E-state index contributed by atoms with van der Waals surface area (Å²) in [4.78, 5) is 2.47. The number of rotatable bonds is 5. The number of nitrogens with zero attached hydrogens (tertiary/aromatic N) is 1. The van der Waals surface area contributed by atoms with Gasteiger partial charge in [0.2, 0.25) is 10.0 Å². The normalized spacial score (nSPS) is 24.5. The summed E-state index contributed by atoms with van der Waals surface area (Å²) in [7, 11) is -1.48.